The number of benzene rings is 2. The van der Waals surface area contributed by atoms with E-state index in [4.69, 9.17) is 25.4 Å². The maximum absolute atomic E-state index is 14.9. The number of carbonyl (C=O) groups excluding carboxylic acids is 1. The van der Waals surface area contributed by atoms with Crippen molar-refractivity contribution in [2.75, 3.05) is 30.5 Å². The van der Waals surface area contributed by atoms with Crippen LogP contribution in [0.5, 0.6) is 5.75 Å². The molecule has 3 rings (SSSR count). The molecular weight excluding hydrogens is 505 g/mol. The molecule has 0 saturated carbocycles. The topological polar surface area (TPSA) is 112 Å². The highest BCUT2D eigenvalue weighted by Crippen LogP contribution is 2.54. The highest BCUT2D eigenvalue weighted by atomic mass is 35.5. The molecule has 1 unspecified atom stereocenters. The normalized spacial score (nSPS) is 12.4. The molecular formula is C22H24ClF2N4O5P. The van der Waals surface area contributed by atoms with Crippen LogP contribution >= 0.6 is 19.2 Å². The molecule has 9 nitrogen and oxygen atoms in total. The largest absolute Gasteiger partial charge is 0.492 e. The monoisotopic (exact) mass is 528 g/mol. The zero-order valence-corrected chi connectivity index (χ0v) is 20.8. The number of nitrogens with one attached hydrogen (secondary N) is 2. The fourth-order valence-electron chi connectivity index (χ4n) is 3.13. The maximum atomic E-state index is 14.9. The van der Waals surface area contributed by atoms with E-state index in [2.05, 4.69) is 20.6 Å². The fraction of sp³-hybridized carbons (Fsp3) is 0.318. The van der Waals surface area contributed by atoms with Gasteiger partial charge in [0.15, 0.2) is 0 Å². The Hall–Kier alpha value is -2.85. The molecule has 13 heteroatoms. The van der Waals surface area contributed by atoms with Gasteiger partial charge in [0, 0.05) is 17.1 Å². The number of fused-ring (bicyclic) bond motifs is 1. The van der Waals surface area contributed by atoms with Crippen molar-refractivity contribution >= 4 is 53.2 Å². The molecule has 188 valence electrons. The number of halogens is 3. The maximum Gasteiger partial charge on any atom is 0.374 e. The van der Waals surface area contributed by atoms with E-state index in [0.29, 0.717) is 22.4 Å². The van der Waals surface area contributed by atoms with Crippen LogP contribution in [0.4, 0.5) is 26.0 Å². The summed E-state index contributed by atoms with van der Waals surface area (Å²) in [5.74, 6) is -3.86. The summed E-state index contributed by atoms with van der Waals surface area (Å²) in [4.78, 5) is 21.1. The molecule has 2 N–H and O–H groups in total. The third kappa shape index (κ3) is 6.24. The van der Waals surface area contributed by atoms with Crippen LogP contribution in [0.2, 0.25) is 5.02 Å². The molecule has 0 aliphatic carbocycles. The first-order valence-corrected chi connectivity index (χ1v) is 12.7. The van der Waals surface area contributed by atoms with Crippen molar-refractivity contribution in [3.8, 4) is 5.75 Å². The van der Waals surface area contributed by atoms with Crippen LogP contribution in [0.25, 0.3) is 10.9 Å². The van der Waals surface area contributed by atoms with Crippen LogP contribution in [-0.4, -0.2) is 41.6 Å². The smallest absolute Gasteiger partial charge is 0.374 e. The lowest BCUT2D eigenvalue weighted by Crippen LogP contribution is -2.26. The minimum absolute atomic E-state index is 0.0815. The van der Waals surface area contributed by atoms with Gasteiger partial charge in [0.2, 0.25) is 0 Å². The first kappa shape index (κ1) is 26.7. The molecule has 35 heavy (non-hydrogen) atoms. The molecule has 3 aromatic rings. The summed E-state index contributed by atoms with van der Waals surface area (Å²) in [5, 5.41) is 5.75. The highest BCUT2D eigenvalue weighted by Gasteiger charge is 2.42. The van der Waals surface area contributed by atoms with Crippen molar-refractivity contribution in [2.24, 2.45) is 0 Å². The second-order valence-corrected chi connectivity index (χ2v) is 9.43. The van der Waals surface area contributed by atoms with Crippen molar-refractivity contribution in [1.82, 2.24) is 9.97 Å². The molecule has 1 atom stereocenters. The second kappa shape index (κ2) is 11.7. The van der Waals surface area contributed by atoms with Gasteiger partial charge in [0.1, 0.15) is 23.7 Å². The Morgan fingerprint density at radius 1 is 1.11 bits per heavy atom. The van der Waals surface area contributed by atoms with Gasteiger partial charge in [-0.2, -0.15) is 0 Å². The van der Waals surface area contributed by atoms with Gasteiger partial charge in [-0.1, -0.05) is 11.6 Å². The molecule has 1 heterocycles. The fourth-order valence-corrected chi connectivity index (χ4v) is 4.72. The van der Waals surface area contributed by atoms with E-state index in [0.717, 1.165) is 0 Å². The van der Waals surface area contributed by atoms with Gasteiger partial charge in [-0.3, -0.25) is 9.36 Å². The van der Waals surface area contributed by atoms with E-state index in [9.17, 15) is 18.1 Å². The molecule has 0 spiro atoms. The Kier molecular flexibility index (Phi) is 8.96. The number of ether oxygens (including phenoxy) is 1. The van der Waals surface area contributed by atoms with E-state index in [1.54, 1.807) is 6.92 Å². The van der Waals surface area contributed by atoms with Gasteiger partial charge in [-0.15, -0.1) is 0 Å². The van der Waals surface area contributed by atoms with Crippen LogP contribution in [-0.2, 0) is 18.4 Å². The number of amides is 1. The summed E-state index contributed by atoms with van der Waals surface area (Å²) >= 11 is 5.86. The SMILES string of the molecule is CCOc1cc2ncnc(Nc3ccc(F)c(Cl)c3)c2cc1NC(=O)C(F)P(=O)(OCC)OCC. The van der Waals surface area contributed by atoms with Crippen molar-refractivity contribution in [3.63, 3.8) is 0 Å². The lowest BCUT2D eigenvalue weighted by molar-refractivity contribution is -0.118. The summed E-state index contributed by atoms with van der Waals surface area (Å²) in [6, 6.07) is 7.07. The third-order valence-electron chi connectivity index (χ3n) is 4.59. The van der Waals surface area contributed by atoms with Crippen LogP contribution in [0.3, 0.4) is 0 Å². The predicted octanol–water partition coefficient (Wildman–Crippen LogP) is 6.06. The van der Waals surface area contributed by atoms with Crippen molar-refractivity contribution in [2.45, 2.75) is 26.7 Å². The first-order valence-electron chi connectivity index (χ1n) is 10.7. The van der Waals surface area contributed by atoms with Crippen molar-refractivity contribution in [3.05, 3.63) is 47.5 Å². The van der Waals surface area contributed by atoms with Gasteiger partial charge in [0.05, 0.1) is 36.0 Å². The van der Waals surface area contributed by atoms with Crippen LogP contribution in [0.1, 0.15) is 20.8 Å². The van der Waals surface area contributed by atoms with Crippen LogP contribution < -0.4 is 15.4 Å². The Balaban J connectivity index is 1.99. The van der Waals surface area contributed by atoms with Gasteiger partial charge in [-0.25, -0.2) is 18.7 Å². The number of carbonyl (C=O) groups is 1. The molecule has 0 aliphatic heterocycles. The molecule has 0 bridgehead atoms. The van der Waals surface area contributed by atoms with Gasteiger partial charge >= 0.3 is 7.60 Å². The van der Waals surface area contributed by atoms with E-state index in [-0.39, 0.29) is 36.3 Å². The number of aromatic nitrogens is 2. The van der Waals surface area contributed by atoms with Crippen LogP contribution in [0, 0.1) is 5.82 Å². The average Bonchev–Trinajstić information content (AvgIpc) is 2.82. The third-order valence-corrected chi connectivity index (χ3v) is 6.90. The Morgan fingerprint density at radius 3 is 2.46 bits per heavy atom. The molecule has 0 aliphatic rings. The van der Waals surface area contributed by atoms with Crippen LogP contribution in [0.15, 0.2) is 36.7 Å². The number of hydrogen-bond donors (Lipinski definition) is 2. The molecule has 1 amide bonds. The highest BCUT2D eigenvalue weighted by molar-refractivity contribution is 7.55. The zero-order valence-electron chi connectivity index (χ0n) is 19.2. The predicted molar refractivity (Wildman–Crippen MR) is 130 cm³/mol. The number of nitrogens with zero attached hydrogens (tertiary/aromatic N) is 2. The van der Waals surface area contributed by atoms with Crippen molar-refractivity contribution in [1.29, 1.82) is 0 Å². The van der Waals surface area contributed by atoms with E-state index in [1.807, 2.05) is 0 Å². The summed E-state index contributed by atoms with van der Waals surface area (Å²) in [5.41, 5.74) is 0.985. The Morgan fingerprint density at radius 2 is 1.83 bits per heavy atom. The Bertz CT molecular complexity index is 1260. The molecule has 0 saturated heterocycles. The van der Waals surface area contributed by atoms with Gasteiger partial charge < -0.3 is 24.4 Å². The molecule has 2 aromatic carbocycles. The summed E-state index contributed by atoms with van der Waals surface area (Å²) < 4.78 is 56.6. The number of alkyl halides is 1. The number of hydrogen-bond acceptors (Lipinski definition) is 8. The molecule has 1 aromatic heterocycles. The first-order chi connectivity index (χ1) is 16.7. The van der Waals surface area contributed by atoms with Gasteiger partial charge in [0.25, 0.3) is 11.8 Å². The molecule has 0 fully saturated rings. The Labute approximate surface area is 205 Å². The minimum Gasteiger partial charge on any atom is -0.492 e. The summed E-state index contributed by atoms with van der Waals surface area (Å²) in [6.07, 6.45) is 1.31. The average molecular weight is 529 g/mol. The quantitative estimate of drug-likeness (QED) is 0.289. The number of anilines is 3. The zero-order chi connectivity index (χ0) is 25.6. The molecule has 0 radical (unpaired) electrons. The summed E-state index contributed by atoms with van der Waals surface area (Å²) in [7, 11) is -4.35. The number of rotatable bonds is 11. The second-order valence-electron chi connectivity index (χ2n) is 6.98. The lowest BCUT2D eigenvalue weighted by atomic mass is 10.2. The summed E-state index contributed by atoms with van der Waals surface area (Å²) in [6.45, 7) is 4.78. The van der Waals surface area contributed by atoms with E-state index in [1.165, 1.54) is 50.5 Å². The standard InChI is InChI=1S/C22H24ClF2N4O5P/c1-4-32-19-11-17-14(21(27-12-26-17)28-13-7-8-16(24)15(23)9-13)10-18(19)29-22(30)20(25)35(31,33-5-2)34-6-3/h7-12,20H,4-6H2,1-3H3,(H,29,30)(H,26,27,28). The van der Waals surface area contributed by atoms with E-state index >= 15 is 0 Å². The lowest BCUT2D eigenvalue weighted by Gasteiger charge is -2.21. The van der Waals surface area contributed by atoms with Gasteiger partial charge in [-0.05, 0) is 45.0 Å². The van der Waals surface area contributed by atoms with E-state index < -0.39 is 25.2 Å². The minimum atomic E-state index is -4.35. The van der Waals surface area contributed by atoms with Crippen molar-refractivity contribution < 1.29 is 31.9 Å².